The molecular weight excluding hydrogens is 655 g/mol. The fourth-order valence-electron chi connectivity index (χ4n) is 5.94. The lowest BCUT2D eigenvalue weighted by atomic mass is 9.91. The Hall–Kier alpha value is -7.23. The number of benzene rings is 9. The van der Waals surface area contributed by atoms with Crippen molar-refractivity contribution in [2.24, 2.45) is 0 Å². The molecule has 54 heavy (non-hydrogen) atoms. The Kier molecular flexibility index (Phi) is 4.02. The molecule has 0 N–H and O–H groups in total. The summed E-state index contributed by atoms with van der Waals surface area (Å²) in [7, 11) is 0. The first-order chi connectivity index (χ1) is 35.9. The average molecular weight is 710 g/mol. The van der Waals surface area contributed by atoms with Crippen LogP contribution >= 0.6 is 0 Å². The van der Waals surface area contributed by atoms with Gasteiger partial charge in [-0.1, -0.05) is 194 Å². The summed E-state index contributed by atoms with van der Waals surface area (Å²) in [6.07, 6.45) is 0. The molecule has 10 aromatic rings. The smallest absolute Gasteiger partial charge is 0.164 e. The average Bonchev–Trinajstić information content (AvgIpc) is 3.43. The molecule has 0 unspecified atom stereocenters. The third-order valence-electron chi connectivity index (χ3n) is 8.56. The van der Waals surface area contributed by atoms with Crippen LogP contribution in [0.1, 0.15) is 30.2 Å². The van der Waals surface area contributed by atoms with Gasteiger partial charge in [0.1, 0.15) is 0 Å². The summed E-state index contributed by atoms with van der Waals surface area (Å²) in [6.45, 7) is 0. The quantitative estimate of drug-likeness (QED) is 0.161. The molecule has 0 radical (unpaired) electrons. The van der Waals surface area contributed by atoms with E-state index in [1.165, 1.54) is 0 Å². The standard InChI is InChI=1S/C51H33N3/c1-3-11-39(12-4-1)49-52-50(40-13-5-2-6-14-40)54-51(53-49)41-29-27-37(28-30-41)35-21-19-34(20-22-35)36-23-25-38(26-24-36)42-31-32-47-45-17-8-7-15-43(45)44-16-9-10-18-46(44)48(47)33-42/h1-33H/i7D,8D,9D,10D,15D,16D,17D,18D,19D,20D,21D,22D,23D,24D,25D,26D,27D,29D,30D,31D,32D,33D. The zero-order valence-electron chi connectivity index (χ0n) is 49.7. The Morgan fingerprint density at radius 1 is 0.259 bits per heavy atom. The molecule has 1 aromatic heterocycles. The van der Waals surface area contributed by atoms with Crippen LogP contribution in [0, 0.1) is 0 Å². The normalized spacial score (nSPS) is 17.0. The minimum atomic E-state index is -0.988. The zero-order valence-corrected chi connectivity index (χ0v) is 27.7. The number of rotatable bonds is 6. The Morgan fingerprint density at radius 2 is 0.611 bits per heavy atom. The molecular formula is C51H33N3. The van der Waals surface area contributed by atoms with Gasteiger partial charge in [-0.15, -0.1) is 0 Å². The summed E-state index contributed by atoms with van der Waals surface area (Å²) >= 11 is 0. The van der Waals surface area contributed by atoms with Crippen molar-refractivity contribution in [2.75, 3.05) is 0 Å². The van der Waals surface area contributed by atoms with Crippen LogP contribution in [-0.4, -0.2) is 15.0 Å². The summed E-state index contributed by atoms with van der Waals surface area (Å²) in [4.78, 5) is 13.8. The van der Waals surface area contributed by atoms with Crippen molar-refractivity contribution < 1.29 is 30.2 Å². The summed E-state index contributed by atoms with van der Waals surface area (Å²) < 4.78 is 198. The van der Waals surface area contributed by atoms with Gasteiger partial charge in [0.2, 0.25) is 0 Å². The summed E-state index contributed by atoms with van der Waals surface area (Å²) in [6, 6.07) is 0.950. The van der Waals surface area contributed by atoms with E-state index in [2.05, 4.69) is 15.0 Å². The van der Waals surface area contributed by atoms with Gasteiger partial charge < -0.3 is 0 Å². The molecule has 0 aliphatic rings. The Bertz CT molecular complexity index is 4090. The minimum absolute atomic E-state index is 0.132. The SMILES string of the molecule is [2H]c1cc(-c2c([2H])c([2H])c(-c3c([2H])c([2H])c(-c4c([2H])c([2H])c5c6c([2H])c([2H])c([2H])c([2H])c6c6c([2H])c([2H])c([2H])c([2H])c6c5c4[2H])c([2H])c3[2H])c([2H])c2[2H])c([2H])c([2H])c1-c1nc(-c2ccccc2)nc(-c2ccccc2)n1. The molecule has 9 aromatic carbocycles. The highest BCUT2D eigenvalue weighted by molar-refractivity contribution is 6.25. The maximum atomic E-state index is 9.57. The van der Waals surface area contributed by atoms with Crippen molar-refractivity contribution in [3.05, 3.63) is 200 Å². The minimum Gasteiger partial charge on any atom is -0.208 e. The predicted octanol–water partition coefficient (Wildman–Crippen LogP) is 13.3. The van der Waals surface area contributed by atoms with Crippen LogP contribution < -0.4 is 0 Å². The summed E-state index contributed by atoms with van der Waals surface area (Å²) in [5, 5.41) is -2.76. The van der Waals surface area contributed by atoms with Gasteiger partial charge in [0.05, 0.1) is 30.2 Å². The molecule has 0 aliphatic carbocycles. The van der Waals surface area contributed by atoms with Crippen LogP contribution in [-0.2, 0) is 0 Å². The molecule has 252 valence electrons. The number of hydrogen-bond donors (Lipinski definition) is 0. The van der Waals surface area contributed by atoms with E-state index in [9.17, 15) is 12.3 Å². The fourth-order valence-corrected chi connectivity index (χ4v) is 5.94. The van der Waals surface area contributed by atoms with E-state index < -0.39 is 193 Å². The lowest BCUT2D eigenvalue weighted by molar-refractivity contribution is 1.07. The van der Waals surface area contributed by atoms with Crippen molar-refractivity contribution >= 4 is 32.3 Å². The number of fused-ring (bicyclic) bond motifs is 6. The predicted molar refractivity (Wildman–Crippen MR) is 225 cm³/mol. The van der Waals surface area contributed by atoms with Crippen LogP contribution in [0.15, 0.2) is 200 Å². The number of hydrogen-bond acceptors (Lipinski definition) is 3. The molecule has 3 nitrogen and oxygen atoms in total. The van der Waals surface area contributed by atoms with E-state index in [0.29, 0.717) is 11.1 Å². The molecule has 0 saturated carbocycles. The van der Waals surface area contributed by atoms with Gasteiger partial charge in [0.15, 0.2) is 17.5 Å². The first-order valence-electron chi connectivity index (χ1n) is 27.5. The molecule has 0 amide bonds. The third kappa shape index (κ3) is 5.78. The zero-order chi connectivity index (χ0) is 55.0. The van der Waals surface area contributed by atoms with Crippen molar-refractivity contribution in [3.63, 3.8) is 0 Å². The van der Waals surface area contributed by atoms with Gasteiger partial charge in [-0.25, -0.2) is 15.0 Å². The third-order valence-corrected chi connectivity index (χ3v) is 8.56. The first-order valence-corrected chi connectivity index (χ1v) is 16.5. The fraction of sp³-hybridized carbons (Fsp3) is 0. The van der Waals surface area contributed by atoms with E-state index in [-0.39, 0.29) is 28.6 Å². The summed E-state index contributed by atoms with van der Waals surface area (Å²) in [5.41, 5.74) is -2.91. The molecule has 3 heteroatoms. The van der Waals surface area contributed by atoms with E-state index in [4.69, 9.17) is 17.8 Å². The van der Waals surface area contributed by atoms with Gasteiger partial charge in [-0.2, -0.15) is 0 Å². The lowest BCUT2D eigenvalue weighted by Crippen LogP contribution is -2.00. The topological polar surface area (TPSA) is 38.7 Å². The van der Waals surface area contributed by atoms with Gasteiger partial charge in [0, 0.05) is 16.7 Å². The second-order valence-electron chi connectivity index (χ2n) is 11.9. The first kappa shape index (κ1) is 16.2. The second kappa shape index (κ2) is 13.4. The van der Waals surface area contributed by atoms with E-state index in [0.717, 1.165) is 6.07 Å². The highest BCUT2D eigenvalue weighted by Crippen LogP contribution is 2.37. The van der Waals surface area contributed by atoms with Crippen molar-refractivity contribution in [3.8, 4) is 67.5 Å². The van der Waals surface area contributed by atoms with Crippen LogP contribution in [0.2, 0.25) is 0 Å². The molecule has 0 saturated heterocycles. The van der Waals surface area contributed by atoms with Gasteiger partial charge in [-0.05, 0) is 71.7 Å². The molecule has 0 bridgehead atoms. The monoisotopic (exact) mass is 709 g/mol. The Labute approximate surface area is 344 Å². The largest absolute Gasteiger partial charge is 0.208 e. The molecule has 0 spiro atoms. The van der Waals surface area contributed by atoms with Gasteiger partial charge in [-0.3, -0.25) is 0 Å². The molecule has 10 rings (SSSR count). The van der Waals surface area contributed by atoms with Crippen molar-refractivity contribution in [2.45, 2.75) is 0 Å². The summed E-state index contributed by atoms with van der Waals surface area (Å²) in [5.74, 6) is 0.278. The Morgan fingerprint density at radius 3 is 1.11 bits per heavy atom. The lowest BCUT2D eigenvalue weighted by Gasteiger charge is -2.12. The van der Waals surface area contributed by atoms with Gasteiger partial charge in [0.25, 0.3) is 0 Å². The van der Waals surface area contributed by atoms with E-state index >= 15 is 0 Å². The van der Waals surface area contributed by atoms with Crippen LogP contribution in [0.3, 0.4) is 0 Å². The highest BCUT2D eigenvalue weighted by Gasteiger charge is 2.13. The van der Waals surface area contributed by atoms with Crippen LogP contribution in [0.25, 0.3) is 99.9 Å². The maximum absolute atomic E-state index is 9.57. The van der Waals surface area contributed by atoms with Crippen molar-refractivity contribution in [1.29, 1.82) is 0 Å². The van der Waals surface area contributed by atoms with E-state index in [1.54, 1.807) is 60.7 Å². The maximum Gasteiger partial charge on any atom is 0.164 e. The molecule has 0 aliphatic heterocycles. The number of aromatic nitrogens is 3. The van der Waals surface area contributed by atoms with Crippen molar-refractivity contribution in [1.82, 2.24) is 15.0 Å². The van der Waals surface area contributed by atoms with E-state index in [1.807, 2.05) is 0 Å². The molecule has 1 heterocycles. The molecule has 0 atom stereocenters. The molecule has 0 fully saturated rings. The van der Waals surface area contributed by atoms with Crippen LogP contribution in [0.4, 0.5) is 0 Å². The van der Waals surface area contributed by atoms with Crippen LogP contribution in [0.5, 0.6) is 0 Å². The van der Waals surface area contributed by atoms with Gasteiger partial charge >= 0.3 is 0 Å². The second-order valence-corrected chi connectivity index (χ2v) is 11.9. The highest BCUT2D eigenvalue weighted by atomic mass is 15.0. The Balaban J connectivity index is 1.17. The number of nitrogens with zero attached hydrogens (tertiary/aromatic N) is 3.